The van der Waals surface area contributed by atoms with E-state index >= 15 is 0 Å². The number of nitrogens with one attached hydrogen (secondary N) is 1. The molecule has 1 saturated heterocycles. The van der Waals surface area contributed by atoms with E-state index in [0.29, 0.717) is 17.8 Å². The summed E-state index contributed by atoms with van der Waals surface area (Å²) in [5.74, 6) is 0.189. The van der Waals surface area contributed by atoms with Gasteiger partial charge in [0, 0.05) is 12.1 Å². The molecule has 1 heterocycles. The van der Waals surface area contributed by atoms with E-state index in [1.807, 2.05) is 18.2 Å². The predicted molar refractivity (Wildman–Crippen MR) is 89.8 cm³/mol. The van der Waals surface area contributed by atoms with Crippen molar-refractivity contribution in [3.05, 3.63) is 53.6 Å². The largest absolute Gasteiger partial charge is 0.508 e. The second-order valence-corrected chi connectivity index (χ2v) is 6.37. The Morgan fingerprint density at radius 1 is 0.826 bits per heavy atom. The van der Waals surface area contributed by atoms with E-state index < -0.39 is 0 Å². The molecule has 3 rings (SSSR count). The summed E-state index contributed by atoms with van der Waals surface area (Å²) in [5, 5.41) is 31.9. The van der Waals surface area contributed by atoms with Crippen molar-refractivity contribution >= 4 is 0 Å². The second kappa shape index (κ2) is 6.92. The zero-order valence-corrected chi connectivity index (χ0v) is 13.1. The molecule has 1 fully saturated rings. The lowest BCUT2D eigenvalue weighted by atomic mass is 10.0. The zero-order valence-electron chi connectivity index (χ0n) is 13.1. The molecule has 0 bridgehead atoms. The van der Waals surface area contributed by atoms with Crippen LogP contribution in [-0.2, 0) is 12.8 Å². The van der Waals surface area contributed by atoms with Crippen LogP contribution in [0.1, 0.15) is 30.4 Å². The van der Waals surface area contributed by atoms with E-state index in [2.05, 4.69) is 5.32 Å². The van der Waals surface area contributed by atoms with Crippen molar-refractivity contribution in [2.75, 3.05) is 0 Å². The Hall–Kier alpha value is -2.20. The van der Waals surface area contributed by atoms with Crippen LogP contribution in [0.5, 0.6) is 17.2 Å². The highest BCUT2D eigenvalue weighted by molar-refractivity contribution is 5.40. The van der Waals surface area contributed by atoms with Crippen molar-refractivity contribution in [2.24, 2.45) is 0 Å². The number of phenols is 3. The first-order valence-corrected chi connectivity index (χ1v) is 8.15. The molecule has 0 amide bonds. The minimum atomic E-state index is -0.0695. The monoisotopic (exact) mass is 313 g/mol. The molecular weight excluding hydrogens is 290 g/mol. The van der Waals surface area contributed by atoms with Crippen LogP contribution in [0.25, 0.3) is 0 Å². The molecule has 0 unspecified atom stereocenters. The minimum absolute atomic E-state index is 0.0515. The highest BCUT2D eigenvalue weighted by Gasteiger charge is 2.23. The van der Waals surface area contributed by atoms with Crippen molar-refractivity contribution < 1.29 is 15.3 Å². The number of phenolic OH excluding ortho intramolecular Hbond substituents is 3. The van der Waals surface area contributed by atoms with Gasteiger partial charge in [0.25, 0.3) is 0 Å². The van der Waals surface area contributed by atoms with Crippen LogP contribution in [-0.4, -0.2) is 27.4 Å². The van der Waals surface area contributed by atoms with Crippen molar-refractivity contribution in [3.8, 4) is 17.2 Å². The van der Waals surface area contributed by atoms with E-state index in [-0.39, 0.29) is 11.5 Å². The molecule has 0 aromatic heterocycles. The Bertz CT molecular complexity index is 654. The first kappa shape index (κ1) is 15.7. The number of hydrogen-bond donors (Lipinski definition) is 4. The van der Waals surface area contributed by atoms with Gasteiger partial charge in [-0.15, -0.1) is 0 Å². The van der Waals surface area contributed by atoms with Gasteiger partial charge in [-0.05, 0) is 67.5 Å². The number of benzene rings is 2. The molecule has 2 aromatic carbocycles. The molecule has 1 aliphatic rings. The molecule has 4 heteroatoms. The maximum Gasteiger partial charge on any atom is 0.157 e. The number of aryl methyl sites for hydroxylation is 1. The van der Waals surface area contributed by atoms with Gasteiger partial charge >= 0.3 is 0 Å². The average Bonchev–Trinajstić information content (AvgIpc) is 2.98. The van der Waals surface area contributed by atoms with Gasteiger partial charge in [0.1, 0.15) is 5.75 Å². The van der Waals surface area contributed by atoms with Crippen LogP contribution in [0.3, 0.4) is 0 Å². The third-order valence-corrected chi connectivity index (χ3v) is 4.57. The van der Waals surface area contributed by atoms with Crippen LogP contribution in [0.15, 0.2) is 42.5 Å². The van der Waals surface area contributed by atoms with E-state index in [1.165, 1.54) is 5.56 Å². The fourth-order valence-corrected chi connectivity index (χ4v) is 3.28. The Labute approximate surface area is 136 Å². The molecule has 0 radical (unpaired) electrons. The van der Waals surface area contributed by atoms with Crippen LogP contribution in [0.2, 0.25) is 0 Å². The maximum absolute atomic E-state index is 9.57. The molecule has 2 atom stereocenters. The van der Waals surface area contributed by atoms with Crippen molar-refractivity contribution in [3.63, 3.8) is 0 Å². The SMILES string of the molecule is Oc1ccc(CC[C@@H]2CC[C@H](Cc3ccc(O)c(O)c3)N2)cc1. The lowest BCUT2D eigenvalue weighted by molar-refractivity contribution is 0.402. The molecule has 23 heavy (non-hydrogen) atoms. The average molecular weight is 313 g/mol. The Balaban J connectivity index is 1.48. The third kappa shape index (κ3) is 4.17. The molecular formula is C19H23NO3. The molecule has 0 spiro atoms. The van der Waals surface area contributed by atoms with Crippen LogP contribution < -0.4 is 5.32 Å². The fraction of sp³-hybridized carbons (Fsp3) is 0.368. The lowest BCUT2D eigenvalue weighted by Crippen LogP contribution is -2.31. The molecule has 2 aromatic rings. The number of rotatable bonds is 5. The van der Waals surface area contributed by atoms with Gasteiger partial charge in [-0.2, -0.15) is 0 Å². The highest BCUT2D eigenvalue weighted by Crippen LogP contribution is 2.27. The van der Waals surface area contributed by atoms with Gasteiger partial charge in [0.05, 0.1) is 0 Å². The van der Waals surface area contributed by atoms with E-state index in [4.69, 9.17) is 0 Å². The second-order valence-electron chi connectivity index (χ2n) is 6.37. The first-order chi connectivity index (χ1) is 11.1. The van der Waals surface area contributed by atoms with Crippen molar-refractivity contribution in [1.29, 1.82) is 0 Å². The predicted octanol–water partition coefficient (Wildman–Crippen LogP) is 3.10. The molecule has 4 N–H and O–H groups in total. The zero-order chi connectivity index (χ0) is 16.2. The van der Waals surface area contributed by atoms with Gasteiger partial charge in [-0.3, -0.25) is 0 Å². The van der Waals surface area contributed by atoms with Gasteiger partial charge < -0.3 is 20.6 Å². The topological polar surface area (TPSA) is 72.7 Å². The molecule has 4 nitrogen and oxygen atoms in total. The summed E-state index contributed by atoms with van der Waals surface area (Å²) in [6, 6.07) is 13.4. The maximum atomic E-state index is 9.57. The summed E-state index contributed by atoms with van der Waals surface area (Å²) in [5.41, 5.74) is 2.29. The van der Waals surface area contributed by atoms with Crippen molar-refractivity contribution in [1.82, 2.24) is 5.32 Å². The normalized spacial score (nSPS) is 20.7. The summed E-state index contributed by atoms with van der Waals surface area (Å²) < 4.78 is 0. The summed E-state index contributed by atoms with van der Waals surface area (Å²) in [4.78, 5) is 0. The Morgan fingerprint density at radius 2 is 1.52 bits per heavy atom. The quantitative estimate of drug-likeness (QED) is 0.640. The lowest BCUT2D eigenvalue weighted by Gasteiger charge is -2.15. The van der Waals surface area contributed by atoms with Gasteiger partial charge in [-0.25, -0.2) is 0 Å². The van der Waals surface area contributed by atoms with Gasteiger partial charge in [0.15, 0.2) is 11.5 Å². The third-order valence-electron chi connectivity index (χ3n) is 4.57. The first-order valence-electron chi connectivity index (χ1n) is 8.15. The van der Waals surface area contributed by atoms with Crippen LogP contribution in [0.4, 0.5) is 0 Å². The highest BCUT2D eigenvalue weighted by atomic mass is 16.3. The van der Waals surface area contributed by atoms with Crippen molar-refractivity contribution in [2.45, 2.75) is 44.2 Å². The van der Waals surface area contributed by atoms with Gasteiger partial charge in [-0.1, -0.05) is 18.2 Å². The minimum Gasteiger partial charge on any atom is -0.508 e. The summed E-state index contributed by atoms with van der Waals surface area (Å²) in [6.07, 6.45) is 5.24. The molecule has 0 saturated carbocycles. The Morgan fingerprint density at radius 3 is 2.26 bits per heavy atom. The standard InChI is InChI=1S/C19H23NO3/c21-17-8-2-13(3-9-17)1-5-15-6-7-16(20-15)11-14-4-10-18(22)19(23)12-14/h2-4,8-10,12,15-16,20-23H,1,5-7,11H2/t15-,16-/m1/s1. The Kier molecular flexibility index (Phi) is 4.72. The molecule has 1 aliphatic heterocycles. The van der Waals surface area contributed by atoms with Crippen LogP contribution in [0, 0.1) is 0 Å². The summed E-state index contributed by atoms with van der Waals surface area (Å²) in [7, 11) is 0. The smallest absolute Gasteiger partial charge is 0.157 e. The number of aromatic hydroxyl groups is 3. The summed E-state index contributed by atoms with van der Waals surface area (Å²) in [6.45, 7) is 0. The number of hydrogen-bond acceptors (Lipinski definition) is 4. The molecule has 0 aliphatic carbocycles. The van der Waals surface area contributed by atoms with E-state index in [0.717, 1.165) is 37.7 Å². The molecule has 122 valence electrons. The summed E-state index contributed by atoms with van der Waals surface area (Å²) >= 11 is 0. The van der Waals surface area contributed by atoms with E-state index in [1.54, 1.807) is 24.3 Å². The van der Waals surface area contributed by atoms with Gasteiger partial charge in [0.2, 0.25) is 0 Å². The van der Waals surface area contributed by atoms with E-state index in [9.17, 15) is 15.3 Å². The fourth-order valence-electron chi connectivity index (χ4n) is 3.28. The van der Waals surface area contributed by atoms with Crippen LogP contribution >= 0.6 is 0 Å².